The predicted molar refractivity (Wildman–Crippen MR) is 112 cm³/mol. The van der Waals surface area contributed by atoms with Gasteiger partial charge in [0.05, 0.1) is 11.3 Å². The summed E-state index contributed by atoms with van der Waals surface area (Å²) < 4.78 is 0. The highest BCUT2D eigenvalue weighted by molar-refractivity contribution is 5.83. The minimum atomic E-state index is -1.22. The van der Waals surface area contributed by atoms with E-state index in [1.165, 1.54) is 0 Å². The van der Waals surface area contributed by atoms with Crippen LogP contribution in [0.25, 0.3) is 0 Å². The molecule has 0 saturated carbocycles. The lowest BCUT2D eigenvalue weighted by Crippen LogP contribution is -2.48. The minimum Gasteiger partial charge on any atom is -0.480 e. The van der Waals surface area contributed by atoms with E-state index in [0.717, 1.165) is 16.7 Å². The van der Waals surface area contributed by atoms with Crippen molar-refractivity contribution in [2.75, 3.05) is 0 Å². The molecule has 0 aliphatic heterocycles. The van der Waals surface area contributed by atoms with Gasteiger partial charge >= 0.3 is 5.97 Å². The first-order chi connectivity index (χ1) is 14.0. The maximum absolute atomic E-state index is 12.8. The number of carbonyl (C=O) groups excluding carboxylic acids is 1. The lowest BCUT2D eigenvalue weighted by Gasteiger charge is -2.42. The molecule has 5 heteroatoms. The molecule has 1 unspecified atom stereocenters. The molecule has 3 aromatic rings. The summed E-state index contributed by atoms with van der Waals surface area (Å²) in [5.41, 5.74) is 13.3. The Labute approximate surface area is 170 Å². The van der Waals surface area contributed by atoms with Crippen LogP contribution in [0.3, 0.4) is 0 Å². The Kier molecular flexibility index (Phi) is 6.10. The van der Waals surface area contributed by atoms with Gasteiger partial charge in [0.1, 0.15) is 6.04 Å². The molecule has 3 rings (SSSR count). The van der Waals surface area contributed by atoms with Crippen molar-refractivity contribution in [2.45, 2.75) is 17.9 Å². The summed E-state index contributed by atoms with van der Waals surface area (Å²) in [4.78, 5) is 24.3. The average molecular weight is 388 g/mol. The molecule has 0 radical (unpaired) electrons. The van der Waals surface area contributed by atoms with Crippen LogP contribution in [0.15, 0.2) is 91.0 Å². The number of carboxylic acids is 1. The Morgan fingerprint density at radius 3 is 1.38 bits per heavy atom. The van der Waals surface area contributed by atoms with E-state index in [1.807, 2.05) is 91.0 Å². The molecule has 29 heavy (non-hydrogen) atoms. The standard InChI is InChI=1S/C24H24N2O3/c25-21(23(28)29)16-20(22(26)27)24(17-10-4-1-5-11-17,18-12-6-2-7-13-18)19-14-8-3-9-15-19/h1-15,20-21H,16,25H2,(H2,26,27)(H,28,29)/t20?,21-/m1/s1. The maximum Gasteiger partial charge on any atom is 0.320 e. The smallest absolute Gasteiger partial charge is 0.320 e. The topological polar surface area (TPSA) is 106 Å². The van der Waals surface area contributed by atoms with E-state index in [2.05, 4.69) is 0 Å². The number of benzene rings is 3. The average Bonchev–Trinajstić information content (AvgIpc) is 2.75. The van der Waals surface area contributed by atoms with E-state index in [0.29, 0.717) is 0 Å². The third-order valence-corrected chi connectivity index (χ3v) is 5.36. The lowest BCUT2D eigenvalue weighted by molar-refractivity contribution is -0.139. The lowest BCUT2D eigenvalue weighted by atomic mass is 9.60. The van der Waals surface area contributed by atoms with Gasteiger partial charge in [0.25, 0.3) is 0 Å². The van der Waals surface area contributed by atoms with Crippen LogP contribution in [-0.2, 0) is 15.0 Å². The molecule has 0 aliphatic carbocycles. The van der Waals surface area contributed by atoms with Gasteiger partial charge in [-0.3, -0.25) is 9.59 Å². The molecule has 5 nitrogen and oxygen atoms in total. The molecule has 1 amide bonds. The van der Waals surface area contributed by atoms with Crippen molar-refractivity contribution in [1.29, 1.82) is 0 Å². The summed E-state index contributed by atoms with van der Waals surface area (Å²) >= 11 is 0. The van der Waals surface area contributed by atoms with Crippen LogP contribution in [0.1, 0.15) is 23.1 Å². The number of carboxylic acid groups (broad SMARTS) is 1. The van der Waals surface area contributed by atoms with E-state index in [4.69, 9.17) is 11.5 Å². The Hall–Kier alpha value is -3.44. The van der Waals surface area contributed by atoms with E-state index < -0.39 is 29.3 Å². The molecule has 0 aliphatic rings. The normalized spacial score (nSPS) is 13.4. The van der Waals surface area contributed by atoms with E-state index >= 15 is 0 Å². The van der Waals surface area contributed by atoms with Crippen LogP contribution >= 0.6 is 0 Å². The molecule has 0 bridgehead atoms. The second kappa shape index (κ2) is 8.71. The zero-order valence-electron chi connectivity index (χ0n) is 15.9. The fourth-order valence-corrected chi connectivity index (χ4v) is 4.07. The third-order valence-electron chi connectivity index (χ3n) is 5.36. The van der Waals surface area contributed by atoms with Crippen molar-refractivity contribution in [3.8, 4) is 0 Å². The summed E-state index contributed by atoms with van der Waals surface area (Å²) in [5, 5.41) is 9.41. The molecule has 2 atom stereocenters. The Bertz CT molecular complexity index is 863. The molecule has 0 heterocycles. The van der Waals surface area contributed by atoms with Crippen molar-refractivity contribution < 1.29 is 14.7 Å². The Morgan fingerprint density at radius 1 is 0.759 bits per heavy atom. The van der Waals surface area contributed by atoms with Gasteiger partial charge < -0.3 is 16.6 Å². The van der Waals surface area contributed by atoms with Crippen LogP contribution < -0.4 is 11.5 Å². The van der Waals surface area contributed by atoms with Gasteiger partial charge in [0.15, 0.2) is 0 Å². The summed E-state index contributed by atoms with van der Waals surface area (Å²) in [6, 6.07) is 27.4. The van der Waals surface area contributed by atoms with E-state index in [9.17, 15) is 14.7 Å². The molecule has 5 N–H and O–H groups in total. The number of amides is 1. The molecule has 148 valence electrons. The Balaban J connectivity index is 2.38. The van der Waals surface area contributed by atoms with Crippen molar-refractivity contribution in [2.24, 2.45) is 17.4 Å². The molecule has 0 aromatic heterocycles. The number of aliphatic carboxylic acids is 1. The van der Waals surface area contributed by atoms with Gasteiger partial charge in [-0.15, -0.1) is 0 Å². The first-order valence-corrected chi connectivity index (χ1v) is 9.42. The third kappa shape index (κ3) is 3.91. The highest BCUT2D eigenvalue weighted by Crippen LogP contribution is 2.46. The molecule has 0 saturated heterocycles. The quantitative estimate of drug-likeness (QED) is 0.516. The summed E-state index contributed by atoms with van der Waals surface area (Å²) in [6.45, 7) is 0. The van der Waals surface area contributed by atoms with Gasteiger partial charge in [-0.1, -0.05) is 91.0 Å². The van der Waals surface area contributed by atoms with Gasteiger partial charge in [-0.05, 0) is 23.1 Å². The summed E-state index contributed by atoms with van der Waals surface area (Å²) in [5.74, 6) is -2.64. The Morgan fingerprint density at radius 2 is 1.10 bits per heavy atom. The van der Waals surface area contributed by atoms with Gasteiger partial charge in [0.2, 0.25) is 5.91 Å². The molecule has 0 spiro atoms. The first-order valence-electron chi connectivity index (χ1n) is 9.42. The summed E-state index contributed by atoms with van der Waals surface area (Å²) in [6.07, 6.45) is -0.0939. The van der Waals surface area contributed by atoms with E-state index in [1.54, 1.807) is 0 Å². The minimum absolute atomic E-state index is 0.0939. The zero-order chi connectivity index (χ0) is 20.9. The second-order valence-corrected chi connectivity index (χ2v) is 7.04. The second-order valence-electron chi connectivity index (χ2n) is 7.04. The maximum atomic E-state index is 12.8. The van der Waals surface area contributed by atoms with Crippen molar-refractivity contribution >= 4 is 11.9 Å². The van der Waals surface area contributed by atoms with Crippen LogP contribution in [0.5, 0.6) is 0 Å². The number of primary amides is 1. The molecular weight excluding hydrogens is 364 g/mol. The van der Waals surface area contributed by atoms with Gasteiger partial charge in [-0.25, -0.2) is 0 Å². The number of hydrogen-bond acceptors (Lipinski definition) is 3. The molecular formula is C24H24N2O3. The number of hydrogen-bond donors (Lipinski definition) is 3. The van der Waals surface area contributed by atoms with Crippen molar-refractivity contribution in [3.05, 3.63) is 108 Å². The molecule has 3 aromatic carbocycles. The monoisotopic (exact) mass is 388 g/mol. The predicted octanol–water partition coefficient (Wildman–Crippen LogP) is 2.92. The fourth-order valence-electron chi connectivity index (χ4n) is 4.07. The SMILES string of the molecule is NC(=O)C(C[C@@H](N)C(=O)O)C(c1ccccc1)(c1ccccc1)c1ccccc1. The van der Waals surface area contributed by atoms with Gasteiger partial charge in [0, 0.05) is 0 Å². The zero-order valence-corrected chi connectivity index (χ0v) is 15.9. The first kappa shape index (κ1) is 20.3. The highest BCUT2D eigenvalue weighted by atomic mass is 16.4. The van der Waals surface area contributed by atoms with Crippen LogP contribution in [-0.4, -0.2) is 23.0 Å². The highest BCUT2D eigenvalue weighted by Gasteiger charge is 2.47. The van der Waals surface area contributed by atoms with E-state index in [-0.39, 0.29) is 6.42 Å². The fraction of sp³-hybridized carbons (Fsp3) is 0.167. The summed E-state index contributed by atoms with van der Waals surface area (Å²) in [7, 11) is 0. The van der Waals surface area contributed by atoms with Crippen LogP contribution in [0, 0.1) is 5.92 Å². The number of rotatable bonds is 8. The van der Waals surface area contributed by atoms with Crippen LogP contribution in [0.2, 0.25) is 0 Å². The van der Waals surface area contributed by atoms with Crippen molar-refractivity contribution in [1.82, 2.24) is 0 Å². The number of carbonyl (C=O) groups is 2. The van der Waals surface area contributed by atoms with Crippen LogP contribution in [0.4, 0.5) is 0 Å². The largest absolute Gasteiger partial charge is 0.480 e. The number of nitrogens with two attached hydrogens (primary N) is 2. The van der Waals surface area contributed by atoms with Gasteiger partial charge in [-0.2, -0.15) is 0 Å². The molecule has 0 fully saturated rings. The van der Waals surface area contributed by atoms with Crippen molar-refractivity contribution in [3.63, 3.8) is 0 Å².